The van der Waals surface area contributed by atoms with Crippen molar-refractivity contribution in [1.82, 2.24) is 4.98 Å². The second-order valence-corrected chi connectivity index (χ2v) is 7.93. The van der Waals surface area contributed by atoms with E-state index in [-0.39, 0.29) is 6.10 Å². The summed E-state index contributed by atoms with van der Waals surface area (Å²) >= 11 is 6.26. The first-order chi connectivity index (χ1) is 12.1. The molecule has 26 heavy (non-hydrogen) atoms. The average molecular weight is 375 g/mol. The van der Waals surface area contributed by atoms with Gasteiger partial charge in [-0.3, -0.25) is 0 Å². The molecular formula is C19H24BClN2O3. The summed E-state index contributed by atoms with van der Waals surface area (Å²) < 4.78 is 18.2. The summed E-state index contributed by atoms with van der Waals surface area (Å²) in [6.07, 6.45) is 1.38. The summed E-state index contributed by atoms with van der Waals surface area (Å²) in [5.41, 5.74) is 6.80. The minimum Gasteiger partial charge on any atom is -0.482 e. The molecule has 1 aromatic heterocycles. The molecule has 0 amide bonds. The van der Waals surface area contributed by atoms with Crippen LogP contribution in [-0.2, 0) is 9.31 Å². The molecule has 0 aliphatic carbocycles. The van der Waals surface area contributed by atoms with Gasteiger partial charge in [0.25, 0.3) is 0 Å². The first kappa shape index (κ1) is 19.0. The van der Waals surface area contributed by atoms with E-state index in [9.17, 15) is 0 Å². The molecule has 0 unspecified atom stereocenters. The molecule has 7 heteroatoms. The van der Waals surface area contributed by atoms with Gasteiger partial charge in [0.15, 0.2) is 11.6 Å². The van der Waals surface area contributed by atoms with Gasteiger partial charge in [0, 0.05) is 22.2 Å². The van der Waals surface area contributed by atoms with Crippen LogP contribution >= 0.6 is 11.6 Å². The van der Waals surface area contributed by atoms with Crippen LogP contribution in [0.15, 0.2) is 36.5 Å². The molecule has 1 saturated heterocycles. The third kappa shape index (κ3) is 3.54. The number of anilines is 1. The topological polar surface area (TPSA) is 66.6 Å². The number of hydrogen-bond acceptors (Lipinski definition) is 5. The lowest BCUT2D eigenvalue weighted by molar-refractivity contribution is 0.00578. The van der Waals surface area contributed by atoms with Gasteiger partial charge in [-0.1, -0.05) is 29.8 Å². The SMILES string of the molecule is C[C@@H](Oc1cc(B2OC(C)(C)C(C)(C)O2)cnc1N)c1ccccc1Cl. The fourth-order valence-electron chi connectivity index (χ4n) is 2.73. The largest absolute Gasteiger partial charge is 0.496 e. The molecule has 5 nitrogen and oxygen atoms in total. The molecule has 0 spiro atoms. The smallest absolute Gasteiger partial charge is 0.482 e. The van der Waals surface area contributed by atoms with Crippen LogP contribution in [0.5, 0.6) is 5.75 Å². The molecule has 1 aromatic carbocycles. The Hall–Kier alpha value is -1.76. The van der Waals surface area contributed by atoms with E-state index in [1.165, 1.54) is 0 Å². The number of nitrogen functional groups attached to an aromatic ring is 1. The van der Waals surface area contributed by atoms with E-state index in [2.05, 4.69) is 4.98 Å². The first-order valence-corrected chi connectivity index (χ1v) is 9.00. The van der Waals surface area contributed by atoms with E-state index in [0.717, 1.165) is 11.0 Å². The highest BCUT2D eigenvalue weighted by molar-refractivity contribution is 6.62. The molecule has 138 valence electrons. The number of nitrogens with two attached hydrogens (primary N) is 1. The van der Waals surface area contributed by atoms with Crippen molar-refractivity contribution in [3.05, 3.63) is 47.1 Å². The predicted molar refractivity (Wildman–Crippen MR) is 105 cm³/mol. The summed E-state index contributed by atoms with van der Waals surface area (Å²) in [4.78, 5) is 4.25. The second kappa shape index (κ2) is 6.76. The van der Waals surface area contributed by atoms with Crippen molar-refractivity contribution in [2.24, 2.45) is 0 Å². The fraction of sp³-hybridized carbons (Fsp3) is 0.421. The Morgan fingerprint density at radius 3 is 2.38 bits per heavy atom. The van der Waals surface area contributed by atoms with Crippen LogP contribution in [0, 0.1) is 0 Å². The number of hydrogen-bond donors (Lipinski definition) is 1. The highest BCUT2D eigenvalue weighted by atomic mass is 35.5. The maximum Gasteiger partial charge on any atom is 0.496 e. The zero-order chi connectivity index (χ0) is 19.1. The monoisotopic (exact) mass is 374 g/mol. The Morgan fingerprint density at radius 2 is 1.77 bits per heavy atom. The molecule has 3 rings (SSSR count). The average Bonchev–Trinajstić information content (AvgIpc) is 2.78. The number of benzene rings is 1. The van der Waals surface area contributed by atoms with Crippen molar-refractivity contribution in [2.45, 2.75) is 51.9 Å². The number of rotatable bonds is 4. The van der Waals surface area contributed by atoms with Gasteiger partial charge in [-0.2, -0.15) is 0 Å². The highest BCUT2D eigenvalue weighted by Crippen LogP contribution is 2.37. The van der Waals surface area contributed by atoms with E-state index < -0.39 is 18.3 Å². The molecule has 1 aliphatic rings. The van der Waals surface area contributed by atoms with Crippen molar-refractivity contribution < 1.29 is 14.0 Å². The third-order valence-electron chi connectivity index (χ3n) is 5.08. The number of nitrogens with zero attached hydrogens (tertiary/aromatic N) is 1. The first-order valence-electron chi connectivity index (χ1n) is 8.63. The van der Waals surface area contributed by atoms with Crippen LogP contribution in [0.25, 0.3) is 0 Å². The lowest BCUT2D eigenvalue weighted by atomic mass is 9.80. The van der Waals surface area contributed by atoms with E-state index in [4.69, 9.17) is 31.4 Å². The zero-order valence-corrected chi connectivity index (χ0v) is 16.5. The number of aromatic nitrogens is 1. The maximum absolute atomic E-state index is 6.26. The normalized spacial score (nSPS) is 19.4. The van der Waals surface area contributed by atoms with E-state index >= 15 is 0 Å². The van der Waals surface area contributed by atoms with Crippen LogP contribution in [0.4, 0.5) is 5.82 Å². The summed E-state index contributed by atoms with van der Waals surface area (Å²) in [5.74, 6) is 0.786. The van der Waals surface area contributed by atoms with Crippen molar-refractivity contribution >= 4 is 30.0 Å². The Labute approximate surface area is 159 Å². The molecule has 1 fully saturated rings. The van der Waals surface area contributed by atoms with Gasteiger partial charge >= 0.3 is 7.12 Å². The molecule has 2 heterocycles. The van der Waals surface area contributed by atoms with Gasteiger partial charge in [-0.05, 0) is 46.8 Å². The van der Waals surface area contributed by atoms with E-state index in [0.29, 0.717) is 16.6 Å². The van der Waals surface area contributed by atoms with Gasteiger partial charge in [-0.15, -0.1) is 0 Å². The molecule has 0 saturated carbocycles. The highest BCUT2D eigenvalue weighted by Gasteiger charge is 2.52. The van der Waals surface area contributed by atoms with Gasteiger partial charge in [-0.25, -0.2) is 4.98 Å². The van der Waals surface area contributed by atoms with Gasteiger partial charge in [0.1, 0.15) is 6.10 Å². The fourth-order valence-corrected chi connectivity index (χ4v) is 3.02. The Kier molecular flexibility index (Phi) is 4.95. The van der Waals surface area contributed by atoms with Gasteiger partial charge in [0.2, 0.25) is 0 Å². The number of ether oxygens (including phenoxy) is 1. The van der Waals surface area contributed by atoms with Crippen molar-refractivity contribution in [3.63, 3.8) is 0 Å². The van der Waals surface area contributed by atoms with Gasteiger partial charge in [0.05, 0.1) is 11.2 Å². The lowest BCUT2D eigenvalue weighted by Gasteiger charge is -2.32. The van der Waals surface area contributed by atoms with E-state index in [1.807, 2.05) is 65.0 Å². The molecular weight excluding hydrogens is 350 g/mol. The summed E-state index contributed by atoms with van der Waals surface area (Å²) in [5, 5.41) is 0.647. The molecule has 0 bridgehead atoms. The van der Waals surface area contributed by atoms with Crippen molar-refractivity contribution in [3.8, 4) is 5.75 Å². The Bertz CT molecular complexity index is 797. The zero-order valence-electron chi connectivity index (χ0n) is 15.7. The summed E-state index contributed by atoms with van der Waals surface area (Å²) in [6.45, 7) is 9.95. The second-order valence-electron chi connectivity index (χ2n) is 7.52. The maximum atomic E-state index is 6.26. The van der Waals surface area contributed by atoms with Crippen LogP contribution in [-0.4, -0.2) is 23.3 Å². The summed E-state index contributed by atoms with van der Waals surface area (Å²) in [6, 6.07) is 9.38. The quantitative estimate of drug-likeness (QED) is 0.825. The molecule has 0 radical (unpaired) electrons. The molecule has 1 aliphatic heterocycles. The molecule has 2 N–H and O–H groups in total. The minimum atomic E-state index is -0.522. The summed E-state index contributed by atoms with van der Waals surface area (Å²) in [7, 11) is -0.522. The Morgan fingerprint density at radius 1 is 1.15 bits per heavy atom. The minimum absolute atomic E-state index is 0.277. The number of halogens is 1. The van der Waals surface area contributed by atoms with E-state index in [1.54, 1.807) is 6.20 Å². The predicted octanol–water partition coefficient (Wildman–Crippen LogP) is 3.76. The number of pyridine rings is 1. The van der Waals surface area contributed by atoms with Crippen LogP contribution in [0.2, 0.25) is 5.02 Å². The lowest BCUT2D eigenvalue weighted by Crippen LogP contribution is -2.41. The van der Waals surface area contributed by atoms with Gasteiger partial charge < -0.3 is 19.8 Å². The van der Waals surface area contributed by atoms with Crippen molar-refractivity contribution in [1.29, 1.82) is 0 Å². The van der Waals surface area contributed by atoms with Crippen LogP contribution in [0.1, 0.15) is 46.3 Å². The Balaban J connectivity index is 1.84. The van der Waals surface area contributed by atoms with Crippen LogP contribution < -0.4 is 15.9 Å². The molecule has 2 aromatic rings. The third-order valence-corrected chi connectivity index (χ3v) is 5.42. The van der Waals surface area contributed by atoms with Crippen LogP contribution in [0.3, 0.4) is 0 Å². The standard InChI is InChI=1S/C19H24BClN2O3/c1-12(14-8-6-7-9-15(14)21)24-16-10-13(11-23-17(16)22)20-25-18(2,3)19(4,5)26-20/h6-12H,1-5H3,(H2,22,23)/t12-/m1/s1. The molecule has 1 atom stereocenters. The van der Waals surface area contributed by atoms with Crippen molar-refractivity contribution in [2.75, 3.05) is 5.73 Å².